The van der Waals surface area contributed by atoms with E-state index in [4.69, 9.17) is 0 Å². The summed E-state index contributed by atoms with van der Waals surface area (Å²) >= 11 is 0. The average Bonchev–Trinajstić information content (AvgIpc) is 2.76. The van der Waals surface area contributed by atoms with Gasteiger partial charge in [-0.05, 0) is 36.4 Å². The van der Waals surface area contributed by atoms with E-state index < -0.39 is 0 Å². The van der Waals surface area contributed by atoms with Gasteiger partial charge >= 0.3 is 0 Å². The van der Waals surface area contributed by atoms with Crippen molar-refractivity contribution in [1.82, 2.24) is 9.97 Å². The minimum absolute atomic E-state index is 0.208. The number of hydrogen-bond donors (Lipinski definition) is 1. The molecule has 0 atom stereocenters. The van der Waals surface area contributed by atoms with E-state index in [1.807, 2.05) is 24.4 Å². The minimum Gasteiger partial charge on any atom is -0.368 e. The number of aromatic nitrogens is 2. The Balaban J connectivity index is 1.35. The number of rotatable bonds is 4. The molecule has 1 aromatic carbocycles. The lowest BCUT2D eigenvalue weighted by Crippen LogP contribution is -2.46. The van der Waals surface area contributed by atoms with E-state index in [1.165, 1.54) is 11.9 Å². The van der Waals surface area contributed by atoms with Gasteiger partial charge in [0.2, 0.25) is 0 Å². The fourth-order valence-electron chi connectivity index (χ4n) is 3.19. The number of pyridine rings is 2. The van der Waals surface area contributed by atoms with E-state index in [2.05, 4.69) is 49.4 Å². The molecule has 1 N–H and O–H groups in total. The number of anilines is 3. The highest BCUT2D eigenvalue weighted by molar-refractivity contribution is 6.03. The maximum absolute atomic E-state index is 12.2. The highest BCUT2D eigenvalue weighted by Gasteiger charge is 2.17. The van der Waals surface area contributed by atoms with Crippen LogP contribution < -0.4 is 15.1 Å². The number of carbonyl (C=O) groups is 1. The molecule has 2 aromatic heterocycles. The van der Waals surface area contributed by atoms with Crippen LogP contribution in [0.15, 0.2) is 73.2 Å². The third-order valence-electron chi connectivity index (χ3n) is 4.68. The zero-order chi connectivity index (χ0) is 18.5. The summed E-state index contributed by atoms with van der Waals surface area (Å²) in [5, 5.41) is 2.80. The van der Waals surface area contributed by atoms with Gasteiger partial charge in [-0.3, -0.25) is 9.78 Å². The van der Waals surface area contributed by atoms with Gasteiger partial charge in [0.15, 0.2) is 0 Å². The minimum atomic E-state index is -0.208. The monoisotopic (exact) mass is 359 g/mol. The summed E-state index contributed by atoms with van der Waals surface area (Å²) in [4.78, 5) is 25.2. The van der Waals surface area contributed by atoms with Crippen LogP contribution >= 0.6 is 0 Å². The Kier molecular flexibility index (Phi) is 4.96. The van der Waals surface area contributed by atoms with Gasteiger partial charge in [0, 0.05) is 44.3 Å². The predicted octanol–water partition coefficient (Wildman–Crippen LogP) is 3.06. The van der Waals surface area contributed by atoms with Crippen LogP contribution in [0.5, 0.6) is 0 Å². The average molecular weight is 359 g/mol. The van der Waals surface area contributed by atoms with E-state index >= 15 is 0 Å². The third kappa shape index (κ3) is 4.06. The van der Waals surface area contributed by atoms with Crippen molar-refractivity contribution in [3.05, 3.63) is 78.8 Å². The normalized spacial score (nSPS) is 14.1. The molecule has 1 amide bonds. The maximum Gasteiger partial charge on any atom is 0.258 e. The smallest absolute Gasteiger partial charge is 0.258 e. The topological polar surface area (TPSA) is 61.4 Å². The first-order chi connectivity index (χ1) is 13.3. The molecule has 1 fully saturated rings. The van der Waals surface area contributed by atoms with E-state index in [0.29, 0.717) is 11.4 Å². The molecule has 0 bridgehead atoms. The summed E-state index contributed by atoms with van der Waals surface area (Å²) in [6.07, 6.45) is 4.99. The highest BCUT2D eigenvalue weighted by Crippen LogP contribution is 2.20. The Hall–Kier alpha value is -3.41. The number of piperazine rings is 1. The highest BCUT2D eigenvalue weighted by atomic mass is 16.1. The van der Waals surface area contributed by atoms with Crippen molar-refractivity contribution in [2.24, 2.45) is 0 Å². The van der Waals surface area contributed by atoms with Gasteiger partial charge in [0.05, 0.1) is 17.4 Å². The van der Waals surface area contributed by atoms with E-state index in [-0.39, 0.29) is 5.91 Å². The van der Waals surface area contributed by atoms with E-state index in [1.54, 1.807) is 18.3 Å². The first-order valence-corrected chi connectivity index (χ1v) is 9.02. The van der Waals surface area contributed by atoms with Crippen molar-refractivity contribution in [2.45, 2.75) is 0 Å². The summed E-state index contributed by atoms with van der Waals surface area (Å²) < 4.78 is 0. The van der Waals surface area contributed by atoms with Crippen LogP contribution in [0.1, 0.15) is 10.4 Å². The predicted molar refractivity (Wildman–Crippen MR) is 107 cm³/mol. The second-order valence-electron chi connectivity index (χ2n) is 6.41. The molecule has 136 valence electrons. The lowest BCUT2D eigenvalue weighted by Gasteiger charge is -2.37. The molecule has 3 aromatic rings. The molecule has 0 saturated carbocycles. The van der Waals surface area contributed by atoms with E-state index in [0.717, 1.165) is 31.9 Å². The molecule has 0 unspecified atom stereocenters. The van der Waals surface area contributed by atoms with Gasteiger partial charge < -0.3 is 15.1 Å². The molecule has 3 heterocycles. The Morgan fingerprint density at radius 3 is 2.19 bits per heavy atom. The number of carbonyl (C=O) groups excluding carboxylic acids is 1. The van der Waals surface area contributed by atoms with Crippen LogP contribution in [-0.4, -0.2) is 42.1 Å². The Morgan fingerprint density at radius 2 is 1.56 bits per heavy atom. The molecule has 27 heavy (non-hydrogen) atoms. The van der Waals surface area contributed by atoms with Crippen molar-refractivity contribution in [1.29, 1.82) is 0 Å². The molecule has 1 aliphatic heterocycles. The first-order valence-electron chi connectivity index (χ1n) is 9.02. The molecular formula is C21H21N5O. The SMILES string of the molecule is O=C(Nc1ccc(N2CCN(c3ccccc3)CC2)cn1)c1cccnc1. The fraction of sp³-hybridized carbons (Fsp3) is 0.190. The van der Waals surface area contributed by atoms with Gasteiger partial charge in [0.1, 0.15) is 5.82 Å². The largest absolute Gasteiger partial charge is 0.368 e. The lowest BCUT2D eigenvalue weighted by molar-refractivity contribution is 0.102. The van der Waals surface area contributed by atoms with Crippen LogP contribution in [0, 0.1) is 0 Å². The third-order valence-corrected chi connectivity index (χ3v) is 4.68. The molecule has 0 aliphatic carbocycles. The van der Waals surface area contributed by atoms with Gasteiger partial charge in [-0.15, -0.1) is 0 Å². The first kappa shape index (κ1) is 17.0. The second-order valence-corrected chi connectivity index (χ2v) is 6.41. The van der Waals surface area contributed by atoms with Gasteiger partial charge in [-0.25, -0.2) is 4.98 Å². The second kappa shape index (κ2) is 7.86. The Bertz CT molecular complexity index is 875. The van der Waals surface area contributed by atoms with Crippen molar-refractivity contribution in [3.63, 3.8) is 0 Å². The zero-order valence-electron chi connectivity index (χ0n) is 15.0. The summed E-state index contributed by atoms with van der Waals surface area (Å²) in [5.41, 5.74) is 2.85. The molecule has 0 spiro atoms. The molecule has 6 nitrogen and oxygen atoms in total. The molecule has 4 rings (SSSR count). The van der Waals surface area contributed by atoms with Crippen molar-refractivity contribution < 1.29 is 4.79 Å². The van der Waals surface area contributed by atoms with Crippen LogP contribution in [0.25, 0.3) is 0 Å². The van der Waals surface area contributed by atoms with Crippen molar-refractivity contribution in [3.8, 4) is 0 Å². The van der Waals surface area contributed by atoms with Crippen LogP contribution in [0.3, 0.4) is 0 Å². The molecule has 6 heteroatoms. The summed E-state index contributed by atoms with van der Waals surface area (Å²) in [5.74, 6) is 0.329. The number of hydrogen-bond acceptors (Lipinski definition) is 5. The number of benzene rings is 1. The molecule has 1 aliphatic rings. The van der Waals surface area contributed by atoms with Gasteiger partial charge in [0.25, 0.3) is 5.91 Å². The fourth-order valence-corrected chi connectivity index (χ4v) is 3.19. The summed E-state index contributed by atoms with van der Waals surface area (Å²) in [6, 6.07) is 17.8. The Labute approximate surface area is 158 Å². The number of nitrogens with zero attached hydrogens (tertiary/aromatic N) is 4. The maximum atomic E-state index is 12.2. The van der Waals surface area contributed by atoms with Gasteiger partial charge in [-0.2, -0.15) is 0 Å². The van der Waals surface area contributed by atoms with E-state index in [9.17, 15) is 4.79 Å². The summed E-state index contributed by atoms with van der Waals surface area (Å²) in [7, 11) is 0. The quantitative estimate of drug-likeness (QED) is 0.776. The van der Waals surface area contributed by atoms with Crippen LogP contribution in [0.4, 0.5) is 17.2 Å². The summed E-state index contributed by atoms with van der Waals surface area (Å²) in [6.45, 7) is 3.84. The van der Waals surface area contributed by atoms with Gasteiger partial charge in [-0.1, -0.05) is 18.2 Å². The number of amides is 1. The number of nitrogens with one attached hydrogen (secondary N) is 1. The van der Waals surface area contributed by atoms with Crippen LogP contribution in [-0.2, 0) is 0 Å². The molecule has 1 saturated heterocycles. The molecule has 0 radical (unpaired) electrons. The van der Waals surface area contributed by atoms with Crippen molar-refractivity contribution in [2.75, 3.05) is 41.3 Å². The zero-order valence-corrected chi connectivity index (χ0v) is 15.0. The standard InChI is InChI=1S/C21H21N5O/c27-21(17-5-4-10-22-15-17)24-20-9-8-19(16-23-20)26-13-11-25(12-14-26)18-6-2-1-3-7-18/h1-10,15-16H,11-14H2,(H,23,24,27). The number of para-hydroxylation sites is 1. The lowest BCUT2D eigenvalue weighted by atomic mass is 10.2. The van der Waals surface area contributed by atoms with Crippen molar-refractivity contribution >= 4 is 23.1 Å². The van der Waals surface area contributed by atoms with Crippen LogP contribution in [0.2, 0.25) is 0 Å². The Morgan fingerprint density at radius 1 is 0.815 bits per heavy atom. The molecular weight excluding hydrogens is 338 g/mol.